The number of para-hydroxylation sites is 2. The Kier molecular flexibility index (Phi) is 8.85. The molecule has 0 aliphatic carbocycles. The van der Waals surface area contributed by atoms with Crippen molar-refractivity contribution in [3.8, 4) is 22.6 Å². The Morgan fingerprint density at radius 2 is 0.831 bits per heavy atom. The number of hydrogen-bond donors (Lipinski definition) is 0. The second kappa shape index (κ2) is 14.2. The largest absolute Gasteiger partial charge is 0.456 e. The summed E-state index contributed by atoms with van der Waals surface area (Å²) in [6.07, 6.45) is 0. The van der Waals surface area contributed by atoms with Gasteiger partial charge in [-0.15, -0.1) is 0 Å². The van der Waals surface area contributed by atoms with Gasteiger partial charge in [-0.1, -0.05) is 147 Å². The van der Waals surface area contributed by atoms with Crippen LogP contribution in [-0.4, -0.2) is 16.1 Å². The van der Waals surface area contributed by atoms with Gasteiger partial charge in [-0.25, -0.2) is 0 Å². The lowest BCUT2D eigenvalue weighted by Crippen LogP contribution is -2.37. The van der Waals surface area contributed by atoms with Gasteiger partial charge in [0.25, 0.3) is 0 Å². The van der Waals surface area contributed by atoms with Crippen molar-refractivity contribution in [3.63, 3.8) is 0 Å². The molecule has 3 nitrogen and oxygen atoms in total. The zero-order valence-corrected chi connectivity index (χ0v) is 36.6. The zero-order chi connectivity index (χ0) is 40.5. The minimum absolute atomic E-state index is 0.861. The molecule has 9 aromatic rings. The quantitative estimate of drug-likeness (QED) is 0.113. The molecule has 0 amide bonds. The van der Waals surface area contributed by atoms with Gasteiger partial charge in [-0.05, 0) is 106 Å². The smallest absolute Gasteiger partial charge is 0.137 e. The molecule has 0 atom stereocenters. The summed E-state index contributed by atoms with van der Waals surface area (Å²) in [4.78, 5) is 4.76. The summed E-state index contributed by atoms with van der Waals surface area (Å²) in [6.45, 7) is 14.4. The maximum absolute atomic E-state index is 6.94. The van der Waals surface area contributed by atoms with Gasteiger partial charge < -0.3 is 14.5 Å². The van der Waals surface area contributed by atoms with Gasteiger partial charge in [0.1, 0.15) is 11.5 Å². The molecule has 5 heteroatoms. The van der Waals surface area contributed by atoms with Crippen LogP contribution in [0, 0.1) is 0 Å². The molecular formula is C54H48N2OSi2. The highest BCUT2D eigenvalue weighted by Gasteiger charge is 2.26. The van der Waals surface area contributed by atoms with Crippen molar-refractivity contribution >= 4 is 93.0 Å². The van der Waals surface area contributed by atoms with Crippen molar-refractivity contribution in [3.05, 3.63) is 182 Å². The third-order valence-corrected chi connectivity index (χ3v) is 16.1. The lowest BCUT2D eigenvalue weighted by atomic mass is 9.88. The minimum atomic E-state index is -1.47. The summed E-state index contributed by atoms with van der Waals surface area (Å²) in [6, 6.07) is 66.8. The normalized spacial score (nSPS) is 12.4. The minimum Gasteiger partial charge on any atom is -0.456 e. The number of rotatable bonds is 8. The molecule has 9 aromatic carbocycles. The van der Waals surface area contributed by atoms with Crippen LogP contribution in [0.5, 0.6) is 11.5 Å². The maximum atomic E-state index is 6.94. The monoisotopic (exact) mass is 796 g/mol. The van der Waals surface area contributed by atoms with E-state index in [-0.39, 0.29) is 0 Å². The first-order chi connectivity index (χ1) is 28.5. The van der Waals surface area contributed by atoms with Crippen LogP contribution in [0.15, 0.2) is 182 Å². The summed E-state index contributed by atoms with van der Waals surface area (Å²) in [5.74, 6) is 1.74. The average Bonchev–Trinajstić information content (AvgIpc) is 3.24. The molecule has 10 rings (SSSR count). The summed E-state index contributed by atoms with van der Waals surface area (Å²) in [5.41, 5.74) is 9.02. The molecule has 1 aliphatic rings. The van der Waals surface area contributed by atoms with Crippen LogP contribution < -0.4 is 24.9 Å². The van der Waals surface area contributed by atoms with E-state index in [1.807, 2.05) is 0 Å². The molecule has 1 heterocycles. The molecule has 0 spiro atoms. The summed E-state index contributed by atoms with van der Waals surface area (Å²) in [7, 11) is -2.92. The number of fused-ring (bicyclic) bond motifs is 6. The fourth-order valence-corrected chi connectivity index (χ4v) is 11.1. The molecule has 288 valence electrons. The Morgan fingerprint density at radius 1 is 0.339 bits per heavy atom. The average molecular weight is 797 g/mol. The molecule has 0 bridgehead atoms. The van der Waals surface area contributed by atoms with Gasteiger partial charge in [-0.2, -0.15) is 0 Å². The van der Waals surface area contributed by atoms with Crippen LogP contribution in [-0.2, 0) is 0 Å². The highest BCUT2D eigenvalue weighted by atomic mass is 28.3. The van der Waals surface area contributed by atoms with Gasteiger partial charge in [0, 0.05) is 50.8 Å². The third kappa shape index (κ3) is 6.51. The Balaban J connectivity index is 1.16. The van der Waals surface area contributed by atoms with Crippen molar-refractivity contribution in [1.29, 1.82) is 0 Å². The summed E-state index contributed by atoms with van der Waals surface area (Å²) >= 11 is 0. The van der Waals surface area contributed by atoms with Crippen LogP contribution in [0.3, 0.4) is 0 Å². The summed E-state index contributed by atoms with van der Waals surface area (Å²) in [5, 5.41) is 10.1. The Hall–Kier alpha value is -6.41. The van der Waals surface area contributed by atoms with Crippen LogP contribution in [0.2, 0.25) is 39.3 Å². The topological polar surface area (TPSA) is 15.7 Å². The molecule has 1 aliphatic heterocycles. The zero-order valence-electron chi connectivity index (χ0n) is 34.6. The molecule has 0 unspecified atom stereocenters. The first-order valence-corrected chi connectivity index (χ1v) is 27.7. The van der Waals surface area contributed by atoms with Crippen LogP contribution in [0.1, 0.15) is 0 Å². The molecule has 0 aromatic heterocycles. The third-order valence-electron chi connectivity index (χ3n) is 11.9. The summed E-state index contributed by atoms with van der Waals surface area (Å²) < 4.78 is 6.94. The number of anilines is 6. The van der Waals surface area contributed by atoms with Gasteiger partial charge in [-0.3, -0.25) is 0 Å². The van der Waals surface area contributed by atoms with E-state index < -0.39 is 16.1 Å². The number of nitrogens with zero attached hydrogens (tertiary/aromatic N) is 2. The van der Waals surface area contributed by atoms with Gasteiger partial charge >= 0.3 is 0 Å². The standard InChI is InChI=1S/C54H48N2OSi2/c1-58(2,3)42-29-24-39(25-30-42)55(37-16-9-7-10-17-37)41-28-33-46-50-35-48-44-20-13-14-21-45(44)51(36-49(48)47-22-15-23-52(54(47)50)57-53(46)34-41)56(38-18-11-8-12-19-38)40-26-31-43(32-27-40)59(4,5)6/h7-36H,1-6H3. The fourth-order valence-electron chi connectivity index (χ4n) is 8.81. The van der Waals surface area contributed by atoms with Crippen molar-refractivity contribution in [2.24, 2.45) is 0 Å². The Morgan fingerprint density at radius 3 is 1.44 bits per heavy atom. The Labute approximate surface area is 349 Å². The van der Waals surface area contributed by atoms with E-state index in [9.17, 15) is 0 Å². The first-order valence-electron chi connectivity index (χ1n) is 20.7. The van der Waals surface area contributed by atoms with E-state index in [1.54, 1.807) is 0 Å². The molecule has 0 saturated heterocycles. The first kappa shape index (κ1) is 36.9. The SMILES string of the molecule is C[Si](C)(C)c1ccc(N(c2ccccc2)c2ccc3c(c2)Oc2cccc4c2c-3cc2c3ccccc3c(N(c3ccccc3)c3ccc([Si](C)(C)C)cc3)cc42)cc1. The molecule has 59 heavy (non-hydrogen) atoms. The predicted octanol–water partition coefficient (Wildman–Crippen LogP) is 14.9. The van der Waals surface area contributed by atoms with Gasteiger partial charge in [0.15, 0.2) is 0 Å². The maximum Gasteiger partial charge on any atom is 0.137 e. The fraction of sp³-hybridized carbons (Fsp3) is 0.111. The molecule has 0 saturated carbocycles. The van der Waals surface area contributed by atoms with E-state index in [2.05, 4.69) is 231 Å². The van der Waals surface area contributed by atoms with Crippen molar-refractivity contribution in [2.75, 3.05) is 9.80 Å². The van der Waals surface area contributed by atoms with E-state index in [0.29, 0.717) is 0 Å². The lowest BCUT2D eigenvalue weighted by molar-refractivity contribution is 0.487. The second-order valence-corrected chi connectivity index (χ2v) is 28.0. The van der Waals surface area contributed by atoms with E-state index in [1.165, 1.54) is 42.9 Å². The molecule has 0 N–H and O–H groups in total. The van der Waals surface area contributed by atoms with Crippen molar-refractivity contribution in [1.82, 2.24) is 0 Å². The van der Waals surface area contributed by atoms with Crippen LogP contribution in [0.4, 0.5) is 34.1 Å². The van der Waals surface area contributed by atoms with Crippen molar-refractivity contribution < 1.29 is 4.74 Å². The number of hydrogen-bond acceptors (Lipinski definition) is 3. The van der Waals surface area contributed by atoms with E-state index in [0.717, 1.165) is 56.6 Å². The number of ether oxygens (including phenoxy) is 1. The highest BCUT2D eigenvalue weighted by Crippen LogP contribution is 2.52. The molecular weight excluding hydrogens is 749 g/mol. The lowest BCUT2D eigenvalue weighted by Gasteiger charge is -2.30. The highest BCUT2D eigenvalue weighted by molar-refractivity contribution is 6.89. The number of benzene rings is 9. The van der Waals surface area contributed by atoms with E-state index in [4.69, 9.17) is 4.74 Å². The predicted molar refractivity (Wildman–Crippen MR) is 260 cm³/mol. The van der Waals surface area contributed by atoms with E-state index >= 15 is 0 Å². The molecule has 0 radical (unpaired) electrons. The molecule has 0 fully saturated rings. The second-order valence-electron chi connectivity index (χ2n) is 17.9. The van der Waals surface area contributed by atoms with Crippen LogP contribution >= 0.6 is 0 Å². The van der Waals surface area contributed by atoms with Crippen LogP contribution in [0.25, 0.3) is 43.4 Å². The van der Waals surface area contributed by atoms with Gasteiger partial charge in [0.05, 0.1) is 21.8 Å². The van der Waals surface area contributed by atoms with Gasteiger partial charge in [0.2, 0.25) is 0 Å². The Bertz CT molecular complexity index is 3020. The van der Waals surface area contributed by atoms with Crippen molar-refractivity contribution in [2.45, 2.75) is 39.3 Å².